The number of piperidine rings is 1. The fourth-order valence-electron chi connectivity index (χ4n) is 2.59. The van der Waals surface area contributed by atoms with E-state index in [1.54, 1.807) is 14.2 Å². The van der Waals surface area contributed by atoms with Gasteiger partial charge in [0.25, 0.3) is 0 Å². The van der Waals surface area contributed by atoms with Crippen LogP contribution in [0.1, 0.15) is 13.3 Å². The highest BCUT2D eigenvalue weighted by atomic mass is 16.5. The van der Waals surface area contributed by atoms with Crippen molar-refractivity contribution in [3.63, 3.8) is 0 Å². The number of ether oxygens (including phenoxy) is 2. The molecule has 1 aliphatic rings. The normalized spacial score (nSPS) is 23.9. The third-order valence-electron chi connectivity index (χ3n) is 3.39. The van der Waals surface area contributed by atoms with Gasteiger partial charge >= 0.3 is 0 Å². The Hall–Kier alpha value is -1.42. The first-order chi connectivity index (χ1) is 8.62. The number of anilines is 1. The smallest absolute Gasteiger partial charge is 0.124 e. The molecule has 2 N–H and O–H groups in total. The predicted molar refractivity (Wildman–Crippen MR) is 73.5 cm³/mol. The van der Waals surface area contributed by atoms with Crippen LogP contribution in [0.2, 0.25) is 0 Å². The molecule has 4 nitrogen and oxygen atoms in total. The Bertz CT molecular complexity index is 377. The minimum absolute atomic E-state index is 0.242. The van der Waals surface area contributed by atoms with Crippen LogP contribution in [0.3, 0.4) is 0 Å². The number of hydrogen-bond acceptors (Lipinski definition) is 4. The van der Waals surface area contributed by atoms with Gasteiger partial charge < -0.3 is 20.1 Å². The fraction of sp³-hybridized carbons (Fsp3) is 0.571. The van der Waals surface area contributed by atoms with Crippen LogP contribution in [0.25, 0.3) is 0 Å². The lowest BCUT2D eigenvalue weighted by Crippen LogP contribution is -2.46. The van der Waals surface area contributed by atoms with Crippen molar-refractivity contribution in [2.75, 3.05) is 32.2 Å². The van der Waals surface area contributed by atoms with Crippen molar-refractivity contribution >= 4 is 5.69 Å². The summed E-state index contributed by atoms with van der Waals surface area (Å²) in [5, 5.41) is 0. The molecule has 0 saturated carbocycles. The van der Waals surface area contributed by atoms with Crippen LogP contribution in [0, 0.1) is 5.92 Å². The maximum atomic E-state index is 6.09. The zero-order valence-corrected chi connectivity index (χ0v) is 11.3. The van der Waals surface area contributed by atoms with E-state index in [0.29, 0.717) is 5.92 Å². The summed E-state index contributed by atoms with van der Waals surface area (Å²) >= 11 is 0. The molecule has 1 aromatic carbocycles. The van der Waals surface area contributed by atoms with Crippen LogP contribution >= 0.6 is 0 Å². The molecule has 1 aliphatic heterocycles. The van der Waals surface area contributed by atoms with Gasteiger partial charge in [0.05, 0.1) is 14.2 Å². The van der Waals surface area contributed by atoms with Crippen molar-refractivity contribution in [3.8, 4) is 11.5 Å². The minimum atomic E-state index is 0.242. The van der Waals surface area contributed by atoms with Gasteiger partial charge in [-0.1, -0.05) is 6.92 Å². The molecule has 2 unspecified atom stereocenters. The van der Waals surface area contributed by atoms with Gasteiger partial charge in [-0.25, -0.2) is 0 Å². The maximum Gasteiger partial charge on any atom is 0.124 e. The van der Waals surface area contributed by atoms with E-state index in [-0.39, 0.29) is 6.04 Å². The maximum absolute atomic E-state index is 6.09. The second-order valence-corrected chi connectivity index (χ2v) is 5.08. The van der Waals surface area contributed by atoms with Crippen LogP contribution in [0.5, 0.6) is 11.5 Å². The highest BCUT2D eigenvalue weighted by Crippen LogP contribution is 2.30. The van der Waals surface area contributed by atoms with Crippen molar-refractivity contribution in [1.82, 2.24) is 0 Å². The number of hydrogen-bond donors (Lipinski definition) is 1. The van der Waals surface area contributed by atoms with Gasteiger partial charge in [-0.15, -0.1) is 0 Å². The second kappa shape index (κ2) is 5.48. The molecule has 0 aliphatic carbocycles. The van der Waals surface area contributed by atoms with Crippen molar-refractivity contribution in [1.29, 1.82) is 0 Å². The van der Waals surface area contributed by atoms with Crippen LogP contribution in [0.15, 0.2) is 18.2 Å². The summed E-state index contributed by atoms with van der Waals surface area (Å²) in [5.74, 6) is 2.25. The molecule has 2 atom stereocenters. The minimum Gasteiger partial charge on any atom is -0.497 e. The number of methoxy groups -OCH3 is 2. The third kappa shape index (κ3) is 2.88. The lowest BCUT2D eigenvalue weighted by atomic mass is 9.96. The highest BCUT2D eigenvalue weighted by Gasteiger charge is 2.23. The first-order valence-corrected chi connectivity index (χ1v) is 6.36. The van der Waals surface area contributed by atoms with E-state index in [1.165, 1.54) is 0 Å². The van der Waals surface area contributed by atoms with E-state index in [0.717, 1.165) is 36.7 Å². The zero-order chi connectivity index (χ0) is 13.1. The van der Waals surface area contributed by atoms with Crippen molar-refractivity contribution in [3.05, 3.63) is 18.2 Å². The monoisotopic (exact) mass is 250 g/mol. The molecule has 0 bridgehead atoms. The van der Waals surface area contributed by atoms with Crippen LogP contribution in [-0.4, -0.2) is 33.4 Å². The Kier molecular flexibility index (Phi) is 3.97. The summed E-state index contributed by atoms with van der Waals surface area (Å²) in [6.07, 6.45) is 1.09. The van der Waals surface area contributed by atoms with E-state index in [9.17, 15) is 0 Å². The van der Waals surface area contributed by atoms with Gasteiger partial charge in [0.2, 0.25) is 0 Å². The lowest BCUT2D eigenvalue weighted by Gasteiger charge is -2.36. The number of benzene rings is 1. The third-order valence-corrected chi connectivity index (χ3v) is 3.39. The fourth-order valence-corrected chi connectivity index (χ4v) is 2.59. The Morgan fingerprint density at radius 3 is 2.22 bits per heavy atom. The molecule has 1 fully saturated rings. The van der Waals surface area contributed by atoms with Gasteiger partial charge in [-0.05, 0) is 12.3 Å². The lowest BCUT2D eigenvalue weighted by molar-refractivity contribution is 0.388. The Morgan fingerprint density at radius 1 is 1.11 bits per heavy atom. The van der Waals surface area contributed by atoms with E-state index >= 15 is 0 Å². The predicted octanol–water partition coefficient (Wildman–Crippen LogP) is 1.88. The second-order valence-electron chi connectivity index (χ2n) is 5.08. The SMILES string of the molecule is COc1cc(OC)cc(N2CC(C)CC(N)C2)c1. The molecule has 100 valence electrons. The van der Waals surface area contributed by atoms with Gasteiger partial charge in [0.1, 0.15) is 11.5 Å². The first-order valence-electron chi connectivity index (χ1n) is 6.36. The zero-order valence-electron chi connectivity index (χ0n) is 11.3. The van der Waals surface area contributed by atoms with Gasteiger partial charge in [-0.3, -0.25) is 0 Å². The molecule has 18 heavy (non-hydrogen) atoms. The Labute approximate surface area is 109 Å². The number of rotatable bonds is 3. The molecule has 1 saturated heterocycles. The van der Waals surface area contributed by atoms with Crippen LogP contribution < -0.4 is 20.1 Å². The average molecular weight is 250 g/mol. The number of nitrogens with zero attached hydrogens (tertiary/aromatic N) is 1. The molecule has 0 aromatic heterocycles. The largest absolute Gasteiger partial charge is 0.497 e. The molecule has 1 heterocycles. The molecule has 0 spiro atoms. The summed E-state index contributed by atoms with van der Waals surface area (Å²) < 4.78 is 10.6. The van der Waals surface area contributed by atoms with Crippen LogP contribution in [0.4, 0.5) is 5.69 Å². The van der Waals surface area contributed by atoms with E-state index in [4.69, 9.17) is 15.2 Å². The summed E-state index contributed by atoms with van der Waals surface area (Å²) in [4.78, 5) is 2.31. The van der Waals surface area contributed by atoms with Gasteiger partial charge in [-0.2, -0.15) is 0 Å². The summed E-state index contributed by atoms with van der Waals surface area (Å²) in [6.45, 7) is 4.16. The Morgan fingerprint density at radius 2 is 1.72 bits per heavy atom. The molecule has 0 radical (unpaired) electrons. The molecule has 1 aromatic rings. The molecule has 0 amide bonds. The Balaban J connectivity index is 2.25. The van der Waals surface area contributed by atoms with Gasteiger partial charge in [0, 0.05) is 43.0 Å². The number of nitrogens with two attached hydrogens (primary N) is 1. The molecular formula is C14H22N2O2. The summed E-state index contributed by atoms with van der Waals surface area (Å²) in [7, 11) is 3.34. The topological polar surface area (TPSA) is 47.7 Å². The van der Waals surface area contributed by atoms with Crippen LogP contribution in [-0.2, 0) is 0 Å². The van der Waals surface area contributed by atoms with Crippen molar-refractivity contribution in [2.24, 2.45) is 11.7 Å². The van der Waals surface area contributed by atoms with Gasteiger partial charge in [0.15, 0.2) is 0 Å². The quantitative estimate of drug-likeness (QED) is 0.889. The highest BCUT2D eigenvalue weighted by molar-refractivity contribution is 5.56. The summed E-state index contributed by atoms with van der Waals surface area (Å²) in [6, 6.07) is 6.20. The van der Waals surface area contributed by atoms with E-state index in [2.05, 4.69) is 11.8 Å². The van der Waals surface area contributed by atoms with E-state index < -0.39 is 0 Å². The van der Waals surface area contributed by atoms with Crippen molar-refractivity contribution in [2.45, 2.75) is 19.4 Å². The van der Waals surface area contributed by atoms with E-state index in [1.807, 2.05) is 18.2 Å². The standard InChI is InChI=1S/C14H22N2O2/c1-10-4-11(15)9-16(8-10)12-5-13(17-2)7-14(6-12)18-3/h5-7,10-11H,4,8-9,15H2,1-3H3. The first kappa shape index (κ1) is 13.0. The average Bonchev–Trinajstić information content (AvgIpc) is 2.37. The molecule has 2 rings (SSSR count). The molecular weight excluding hydrogens is 228 g/mol. The summed E-state index contributed by atoms with van der Waals surface area (Å²) in [5.41, 5.74) is 7.21. The van der Waals surface area contributed by atoms with Crippen molar-refractivity contribution < 1.29 is 9.47 Å². The molecule has 4 heteroatoms.